The summed E-state index contributed by atoms with van der Waals surface area (Å²) in [6.45, 7) is 0.685. The van der Waals surface area contributed by atoms with E-state index in [9.17, 15) is 24.0 Å². The van der Waals surface area contributed by atoms with E-state index in [1.807, 2.05) is 6.07 Å². The molecule has 5 rings (SSSR count). The van der Waals surface area contributed by atoms with Crippen LogP contribution in [0.4, 0.5) is 10.5 Å². The number of hydrogen-bond donors (Lipinski definition) is 1. The van der Waals surface area contributed by atoms with Crippen molar-refractivity contribution in [1.29, 1.82) is 0 Å². The molecule has 3 fully saturated rings. The molecule has 6 amide bonds. The summed E-state index contributed by atoms with van der Waals surface area (Å²) in [4.78, 5) is 69.6. The van der Waals surface area contributed by atoms with Crippen LogP contribution in [0, 0.1) is 5.41 Å². The number of barbiturate groups is 1. The van der Waals surface area contributed by atoms with Crippen LogP contribution in [-0.4, -0.2) is 83.2 Å². The molecule has 11 heteroatoms. The molecule has 0 unspecified atom stereocenters. The number of nitrogens with zero attached hydrogens (tertiary/aromatic N) is 4. The summed E-state index contributed by atoms with van der Waals surface area (Å²) in [7, 11) is 4.29. The molecule has 0 radical (unpaired) electrons. The standard InChI is InChI=1S/C23H23N5O5S/c1-25-18(30)14(17(29)24-21(25)34)10-12-6-7-15-13(9-12)11-23(16-5-4-8-28(15)16)19(31)26(2)22(33)27(3)20(23)32/h6-7,9-10,16H,4-5,8,11H2,1-3H3,(H,24,29,34)/b14-10-/t16-/m1/s1. The van der Waals surface area contributed by atoms with Gasteiger partial charge in [-0.05, 0) is 60.8 Å². The molecule has 1 N–H and O–H groups in total. The molecule has 1 spiro atoms. The van der Waals surface area contributed by atoms with Gasteiger partial charge in [-0.25, -0.2) is 4.79 Å². The van der Waals surface area contributed by atoms with Crippen molar-refractivity contribution in [2.75, 3.05) is 32.6 Å². The van der Waals surface area contributed by atoms with Gasteiger partial charge in [-0.3, -0.25) is 39.2 Å². The second-order valence-corrected chi connectivity index (χ2v) is 9.47. The number of imide groups is 2. The fourth-order valence-corrected chi connectivity index (χ4v) is 5.72. The van der Waals surface area contributed by atoms with Crippen LogP contribution in [0.2, 0.25) is 0 Å². The van der Waals surface area contributed by atoms with Crippen LogP contribution in [0.5, 0.6) is 0 Å². The van der Waals surface area contributed by atoms with E-state index in [0.29, 0.717) is 18.5 Å². The Morgan fingerprint density at radius 1 is 1.03 bits per heavy atom. The highest BCUT2D eigenvalue weighted by Gasteiger charge is 2.63. The second kappa shape index (κ2) is 7.45. The second-order valence-electron chi connectivity index (χ2n) is 9.08. The highest BCUT2D eigenvalue weighted by Crippen LogP contribution is 2.49. The molecule has 1 aromatic rings. The SMILES string of the molecule is CN1C(=O)N(C)C(=O)C2(Cc3cc(/C=C4/C(=O)NC(=S)N(C)C4=O)ccc3N3CCC[C@@H]32)C1=O. The number of rotatable bonds is 1. The number of anilines is 1. The van der Waals surface area contributed by atoms with Gasteiger partial charge >= 0.3 is 6.03 Å². The molecular formula is C23H23N5O5S. The number of carbonyl (C=O) groups excluding carboxylic acids is 5. The van der Waals surface area contributed by atoms with Crippen molar-refractivity contribution in [3.63, 3.8) is 0 Å². The average molecular weight is 482 g/mol. The molecule has 4 aliphatic rings. The highest BCUT2D eigenvalue weighted by molar-refractivity contribution is 7.80. The van der Waals surface area contributed by atoms with Gasteiger partial charge in [0.2, 0.25) is 11.8 Å². The van der Waals surface area contributed by atoms with Gasteiger partial charge in [0.05, 0.1) is 6.04 Å². The van der Waals surface area contributed by atoms with E-state index in [0.717, 1.165) is 27.5 Å². The molecule has 34 heavy (non-hydrogen) atoms. The summed E-state index contributed by atoms with van der Waals surface area (Å²) in [5.74, 6) is -2.09. The van der Waals surface area contributed by atoms with E-state index < -0.39 is 35.1 Å². The summed E-state index contributed by atoms with van der Waals surface area (Å²) in [6, 6.07) is 4.51. The Kier molecular flexibility index (Phi) is 4.87. The number of hydrogen-bond acceptors (Lipinski definition) is 7. The monoisotopic (exact) mass is 481 g/mol. The van der Waals surface area contributed by atoms with Crippen LogP contribution in [0.15, 0.2) is 23.8 Å². The molecule has 10 nitrogen and oxygen atoms in total. The van der Waals surface area contributed by atoms with Crippen molar-refractivity contribution in [3.05, 3.63) is 34.9 Å². The minimum Gasteiger partial charge on any atom is -0.367 e. The third-order valence-electron chi connectivity index (χ3n) is 7.27. The number of carbonyl (C=O) groups is 5. The maximum Gasteiger partial charge on any atom is 0.332 e. The minimum absolute atomic E-state index is 0.0386. The van der Waals surface area contributed by atoms with Crippen molar-refractivity contribution in [1.82, 2.24) is 20.0 Å². The van der Waals surface area contributed by atoms with Gasteiger partial charge in [-0.1, -0.05) is 6.07 Å². The largest absolute Gasteiger partial charge is 0.367 e. The van der Waals surface area contributed by atoms with E-state index in [1.165, 1.54) is 32.1 Å². The van der Waals surface area contributed by atoms with Crippen molar-refractivity contribution in [3.8, 4) is 0 Å². The molecule has 0 bridgehead atoms. The average Bonchev–Trinajstić information content (AvgIpc) is 3.32. The number of nitrogens with one attached hydrogen (secondary N) is 1. The zero-order valence-corrected chi connectivity index (χ0v) is 19.8. The number of amides is 6. The number of fused-ring (bicyclic) bond motifs is 4. The summed E-state index contributed by atoms with van der Waals surface area (Å²) >= 11 is 4.99. The maximum atomic E-state index is 13.5. The third kappa shape index (κ3) is 2.86. The highest BCUT2D eigenvalue weighted by atomic mass is 32.1. The molecule has 4 aliphatic heterocycles. The first kappa shape index (κ1) is 22.2. The Morgan fingerprint density at radius 2 is 1.71 bits per heavy atom. The first-order chi connectivity index (χ1) is 16.1. The van der Waals surface area contributed by atoms with Crippen molar-refractivity contribution >= 4 is 58.8 Å². The summed E-state index contributed by atoms with van der Waals surface area (Å²) < 4.78 is 0. The van der Waals surface area contributed by atoms with Crippen molar-refractivity contribution < 1.29 is 24.0 Å². The number of benzene rings is 1. The van der Waals surface area contributed by atoms with Crippen LogP contribution in [0.1, 0.15) is 24.0 Å². The van der Waals surface area contributed by atoms with Gasteiger partial charge in [-0.2, -0.15) is 0 Å². The first-order valence-electron chi connectivity index (χ1n) is 10.9. The predicted octanol–water partition coefficient (Wildman–Crippen LogP) is 0.505. The molecule has 1 atom stereocenters. The Bertz CT molecular complexity index is 1220. The quantitative estimate of drug-likeness (QED) is 0.269. The summed E-state index contributed by atoms with van der Waals surface area (Å²) in [6.07, 6.45) is 3.09. The molecule has 4 heterocycles. The van der Waals surface area contributed by atoms with E-state index in [1.54, 1.807) is 12.1 Å². The number of likely N-dealkylation sites (N-methyl/N-ethyl adjacent to an activating group) is 1. The minimum atomic E-state index is -1.41. The topological polar surface area (TPSA) is 110 Å². The summed E-state index contributed by atoms with van der Waals surface area (Å²) in [5.41, 5.74) is 0.779. The fraction of sp³-hybridized carbons (Fsp3) is 0.391. The molecule has 1 aromatic carbocycles. The van der Waals surface area contributed by atoms with E-state index in [4.69, 9.17) is 12.2 Å². The van der Waals surface area contributed by atoms with Crippen LogP contribution in [0.25, 0.3) is 6.08 Å². The van der Waals surface area contributed by atoms with E-state index in [2.05, 4.69) is 10.2 Å². The lowest BCUT2D eigenvalue weighted by Gasteiger charge is -2.50. The predicted molar refractivity (Wildman–Crippen MR) is 125 cm³/mol. The van der Waals surface area contributed by atoms with Gasteiger partial charge in [-0.15, -0.1) is 0 Å². The van der Waals surface area contributed by atoms with Crippen LogP contribution >= 0.6 is 12.2 Å². The molecule has 176 valence electrons. The van der Waals surface area contributed by atoms with E-state index in [-0.39, 0.29) is 23.1 Å². The zero-order valence-electron chi connectivity index (χ0n) is 19.0. The normalized spacial score (nSPS) is 25.4. The molecule has 0 aromatic heterocycles. The molecule has 0 saturated carbocycles. The Balaban J connectivity index is 1.60. The number of thiocarbonyl (C=S) groups is 1. The number of urea groups is 1. The Labute approximate surface area is 201 Å². The van der Waals surface area contributed by atoms with Gasteiger partial charge < -0.3 is 4.90 Å². The first-order valence-corrected chi connectivity index (χ1v) is 11.3. The lowest BCUT2D eigenvalue weighted by molar-refractivity contribution is -0.159. The van der Waals surface area contributed by atoms with Gasteiger partial charge in [0.15, 0.2) is 10.5 Å². The Morgan fingerprint density at radius 3 is 2.38 bits per heavy atom. The third-order valence-corrected chi connectivity index (χ3v) is 7.64. The molecule has 0 aliphatic carbocycles. The van der Waals surface area contributed by atoms with Crippen LogP contribution in [0.3, 0.4) is 0 Å². The van der Waals surface area contributed by atoms with Crippen molar-refractivity contribution in [2.24, 2.45) is 5.41 Å². The fourth-order valence-electron chi connectivity index (χ4n) is 5.54. The van der Waals surface area contributed by atoms with Gasteiger partial charge in [0.25, 0.3) is 11.8 Å². The Hall–Kier alpha value is -3.60. The van der Waals surface area contributed by atoms with Crippen LogP contribution < -0.4 is 10.2 Å². The van der Waals surface area contributed by atoms with Crippen molar-refractivity contribution in [2.45, 2.75) is 25.3 Å². The van der Waals surface area contributed by atoms with Gasteiger partial charge in [0, 0.05) is 33.4 Å². The molecular weight excluding hydrogens is 458 g/mol. The smallest absolute Gasteiger partial charge is 0.332 e. The maximum absolute atomic E-state index is 13.5. The van der Waals surface area contributed by atoms with Gasteiger partial charge in [0.1, 0.15) is 5.57 Å². The lowest BCUT2D eigenvalue weighted by Crippen LogP contribution is -2.70. The van der Waals surface area contributed by atoms with E-state index >= 15 is 0 Å². The summed E-state index contributed by atoms with van der Waals surface area (Å²) in [5, 5.41) is 2.52. The molecule has 3 saturated heterocycles. The lowest BCUT2D eigenvalue weighted by atomic mass is 9.68. The van der Waals surface area contributed by atoms with Crippen LogP contribution in [-0.2, 0) is 25.6 Å². The zero-order chi connectivity index (χ0) is 24.5.